The Bertz CT molecular complexity index is 1430. The summed E-state index contributed by atoms with van der Waals surface area (Å²) in [5.74, 6) is 0.242. The van der Waals surface area contributed by atoms with Crippen LogP contribution in [0.15, 0.2) is 61.7 Å². The van der Waals surface area contributed by atoms with E-state index < -0.39 is 22.0 Å². The van der Waals surface area contributed by atoms with E-state index in [1.807, 2.05) is 6.07 Å². The highest BCUT2D eigenvalue weighted by molar-refractivity contribution is 7.90. The number of nitrogens with one attached hydrogen (secondary N) is 1. The first-order valence-corrected chi connectivity index (χ1v) is 16.4. The van der Waals surface area contributed by atoms with E-state index in [9.17, 15) is 18.3 Å². The third-order valence-electron chi connectivity index (χ3n) is 8.97. The van der Waals surface area contributed by atoms with Crippen molar-refractivity contribution < 1.29 is 23.1 Å². The molecule has 1 spiro atoms. The number of carbonyl (C=O) groups is 1. The predicted octanol–water partition coefficient (Wildman–Crippen LogP) is 5.41. The van der Waals surface area contributed by atoms with E-state index in [0.717, 1.165) is 42.8 Å². The summed E-state index contributed by atoms with van der Waals surface area (Å²) in [5, 5.41) is 11.5. The molecule has 5 rings (SSSR count). The number of nitrogens with zero attached hydrogens (tertiary/aromatic N) is 1. The van der Waals surface area contributed by atoms with E-state index in [1.165, 1.54) is 17.2 Å². The van der Waals surface area contributed by atoms with Gasteiger partial charge in [-0.25, -0.2) is 13.1 Å². The molecule has 3 aliphatic rings. The highest BCUT2D eigenvalue weighted by atomic mass is 35.5. The first-order chi connectivity index (χ1) is 19.6. The molecule has 1 heterocycles. The number of hydrogen-bond acceptors (Lipinski definition) is 6. The number of ether oxygens (including phenoxy) is 1. The van der Waals surface area contributed by atoms with Crippen LogP contribution in [0.1, 0.15) is 60.0 Å². The molecule has 7 nitrogen and oxygen atoms in total. The average Bonchev–Trinajstić information content (AvgIpc) is 3.06. The summed E-state index contributed by atoms with van der Waals surface area (Å²) in [6.45, 7) is 9.22. The van der Waals surface area contributed by atoms with E-state index in [2.05, 4.69) is 34.9 Å². The molecule has 1 fully saturated rings. The van der Waals surface area contributed by atoms with Crippen LogP contribution < -0.4 is 14.4 Å². The van der Waals surface area contributed by atoms with Gasteiger partial charge in [-0.2, -0.15) is 0 Å². The molecule has 9 heteroatoms. The van der Waals surface area contributed by atoms with Crippen LogP contribution in [0.4, 0.5) is 5.69 Å². The molecule has 1 aliphatic heterocycles. The standard InChI is InChI=1S/C32H39ClN2O5S/c1-3-5-16-41(38,39)34-31(37)23-10-14-30-28(18-23)35(19-24-9-12-26(24)29(36)7-4-2)20-32(21-40-30)15-6-8-22-17-25(33)11-13-27(22)32/h3-4,10-11,13-14,17-18,24,26,29,36H,1-2,5-9,12,15-16,19-21H2,(H,34,37)/t24-,26+,29-,32-/m0/s1. The summed E-state index contributed by atoms with van der Waals surface area (Å²) >= 11 is 6.37. The SMILES string of the molecule is C=CCCS(=O)(=O)NC(=O)c1ccc2c(c1)N(C[C@@H]1CC[C@H]1[C@@H](O)CC=C)C[C@@]1(CCCc3cc(Cl)ccc31)CO2. The molecule has 2 aliphatic carbocycles. The Morgan fingerprint density at radius 1 is 1.22 bits per heavy atom. The first-order valence-electron chi connectivity index (χ1n) is 14.4. The minimum absolute atomic E-state index is 0.176. The van der Waals surface area contributed by atoms with Crippen LogP contribution >= 0.6 is 11.6 Å². The van der Waals surface area contributed by atoms with Crippen LogP contribution in [0.5, 0.6) is 5.75 Å². The summed E-state index contributed by atoms with van der Waals surface area (Å²) in [6.07, 6.45) is 8.56. The molecule has 0 unspecified atom stereocenters. The van der Waals surface area contributed by atoms with Crippen molar-refractivity contribution >= 4 is 33.2 Å². The Morgan fingerprint density at radius 2 is 2.05 bits per heavy atom. The maximum atomic E-state index is 13.1. The Hall–Kier alpha value is -2.81. The van der Waals surface area contributed by atoms with Crippen LogP contribution in [0.2, 0.25) is 5.02 Å². The van der Waals surface area contributed by atoms with Gasteiger partial charge >= 0.3 is 0 Å². The second-order valence-electron chi connectivity index (χ2n) is 11.7. The van der Waals surface area contributed by atoms with E-state index in [-0.39, 0.29) is 35.0 Å². The van der Waals surface area contributed by atoms with Crippen molar-refractivity contribution in [3.63, 3.8) is 0 Å². The minimum atomic E-state index is -3.79. The topological polar surface area (TPSA) is 95.9 Å². The lowest BCUT2D eigenvalue weighted by atomic mass is 9.68. The molecular weight excluding hydrogens is 560 g/mol. The fraction of sp³-hybridized carbons (Fsp3) is 0.469. The molecule has 0 aromatic heterocycles. The van der Waals surface area contributed by atoms with Crippen LogP contribution in [0.3, 0.4) is 0 Å². The predicted molar refractivity (Wildman–Crippen MR) is 163 cm³/mol. The van der Waals surface area contributed by atoms with Crippen molar-refractivity contribution in [2.75, 3.05) is 30.3 Å². The van der Waals surface area contributed by atoms with E-state index in [4.69, 9.17) is 16.3 Å². The Kier molecular flexibility index (Phi) is 8.83. The normalized spacial score (nSPS) is 24.2. The van der Waals surface area contributed by atoms with Gasteiger partial charge < -0.3 is 14.7 Å². The number of halogens is 1. The molecule has 41 heavy (non-hydrogen) atoms. The molecule has 2 N–H and O–H groups in total. The number of sulfonamides is 1. The number of carbonyl (C=O) groups excluding carboxylic acids is 1. The lowest BCUT2D eigenvalue weighted by Gasteiger charge is -2.45. The summed E-state index contributed by atoms with van der Waals surface area (Å²) in [4.78, 5) is 15.4. The van der Waals surface area contributed by atoms with Gasteiger partial charge in [-0.15, -0.1) is 13.2 Å². The minimum Gasteiger partial charge on any atom is -0.490 e. The third-order valence-corrected chi connectivity index (χ3v) is 10.5. The lowest BCUT2D eigenvalue weighted by Crippen LogP contribution is -2.49. The quantitative estimate of drug-likeness (QED) is 0.355. The highest BCUT2D eigenvalue weighted by Crippen LogP contribution is 2.46. The van der Waals surface area contributed by atoms with Crippen molar-refractivity contribution in [3.8, 4) is 5.75 Å². The largest absolute Gasteiger partial charge is 0.490 e. The van der Waals surface area contributed by atoms with Gasteiger partial charge in [0.2, 0.25) is 10.0 Å². The molecule has 0 saturated heterocycles. The fourth-order valence-electron chi connectivity index (χ4n) is 6.70. The summed E-state index contributed by atoms with van der Waals surface area (Å²) in [6, 6.07) is 11.3. The van der Waals surface area contributed by atoms with Gasteiger partial charge in [-0.3, -0.25) is 4.79 Å². The van der Waals surface area contributed by atoms with E-state index in [1.54, 1.807) is 24.3 Å². The van der Waals surface area contributed by atoms with Crippen molar-refractivity contribution in [2.45, 2.75) is 56.5 Å². The van der Waals surface area contributed by atoms with Crippen molar-refractivity contribution in [2.24, 2.45) is 11.8 Å². The number of hydrogen-bond donors (Lipinski definition) is 2. The smallest absolute Gasteiger partial charge is 0.264 e. The number of fused-ring (bicyclic) bond motifs is 3. The summed E-state index contributed by atoms with van der Waals surface area (Å²) < 4.78 is 33.5. The number of aliphatic hydroxyl groups excluding tert-OH is 1. The second-order valence-corrected chi connectivity index (χ2v) is 14.0. The number of aliphatic hydroxyl groups is 1. The summed E-state index contributed by atoms with van der Waals surface area (Å²) in [7, 11) is -3.79. The van der Waals surface area contributed by atoms with Gasteiger partial charge in [0.25, 0.3) is 5.91 Å². The number of aryl methyl sites for hydroxylation is 1. The zero-order valence-corrected chi connectivity index (χ0v) is 24.9. The Labute approximate surface area is 248 Å². The van der Waals surface area contributed by atoms with Crippen molar-refractivity contribution in [1.29, 1.82) is 0 Å². The average molecular weight is 599 g/mol. The number of rotatable bonds is 10. The molecule has 4 atom stereocenters. The van der Waals surface area contributed by atoms with Gasteiger partial charge in [0, 0.05) is 29.1 Å². The number of benzene rings is 2. The Balaban J connectivity index is 1.49. The number of anilines is 1. The maximum absolute atomic E-state index is 13.1. The van der Waals surface area contributed by atoms with E-state index in [0.29, 0.717) is 31.9 Å². The summed E-state index contributed by atoms with van der Waals surface area (Å²) in [5.41, 5.74) is 3.23. The number of allylic oxidation sites excluding steroid dienone is 1. The van der Waals surface area contributed by atoms with Crippen molar-refractivity contribution in [1.82, 2.24) is 4.72 Å². The molecule has 2 aromatic carbocycles. The monoisotopic (exact) mass is 598 g/mol. The van der Waals surface area contributed by atoms with Crippen LogP contribution in [0.25, 0.3) is 0 Å². The number of amides is 1. The first kappa shape index (κ1) is 29.7. The molecule has 0 bridgehead atoms. The molecule has 2 aromatic rings. The molecular formula is C32H39ClN2O5S. The lowest BCUT2D eigenvalue weighted by molar-refractivity contribution is 0.0178. The zero-order valence-electron chi connectivity index (χ0n) is 23.4. The van der Waals surface area contributed by atoms with Crippen LogP contribution in [-0.4, -0.2) is 51.0 Å². The van der Waals surface area contributed by atoms with Gasteiger partial charge in [0.1, 0.15) is 5.75 Å². The van der Waals surface area contributed by atoms with Gasteiger partial charge in [-0.1, -0.05) is 29.8 Å². The fourth-order valence-corrected chi connectivity index (χ4v) is 7.88. The third kappa shape index (κ3) is 6.35. The van der Waals surface area contributed by atoms with Crippen LogP contribution in [0, 0.1) is 11.8 Å². The van der Waals surface area contributed by atoms with Gasteiger partial charge in [-0.05, 0) is 98.2 Å². The molecule has 220 valence electrons. The van der Waals surface area contributed by atoms with Crippen LogP contribution in [-0.2, 0) is 21.9 Å². The van der Waals surface area contributed by atoms with Gasteiger partial charge in [0.15, 0.2) is 0 Å². The Morgan fingerprint density at radius 3 is 2.78 bits per heavy atom. The maximum Gasteiger partial charge on any atom is 0.264 e. The molecule has 1 saturated carbocycles. The van der Waals surface area contributed by atoms with Crippen molar-refractivity contribution in [3.05, 3.63) is 83.4 Å². The zero-order chi connectivity index (χ0) is 29.2. The second kappa shape index (κ2) is 12.2. The highest BCUT2D eigenvalue weighted by Gasteiger charge is 2.44. The molecule has 1 amide bonds. The van der Waals surface area contributed by atoms with Gasteiger partial charge in [0.05, 0.1) is 24.2 Å². The van der Waals surface area contributed by atoms with E-state index >= 15 is 0 Å². The molecule has 0 radical (unpaired) electrons.